The van der Waals surface area contributed by atoms with Crippen LogP contribution in [0.3, 0.4) is 0 Å². The molecule has 82 valence electrons. The summed E-state index contributed by atoms with van der Waals surface area (Å²) in [4.78, 5) is 10.7. The van der Waals surface area contributed by atoms with E-state index in [-0.39, 0.29) is 11.3 Å². The minimum Gasteiger partial charge on any atom is -0.443 e. The van der Waals surface area contributed by atoms with Crippen LogP contribution < -0.4 is 5.73 Å². The van der Waals surface area contributed by atoms with Crippen LogP contribution in [0.25, 0.3) is 0 Å². The van der Waals surface area contributed by atoms with Crippen molar-refractivity contribution in [2.75, 3.05) is 0 Å². The second-order valence-corrected chi connectivity index (χ2v) is 5.35. The molecule has 0 bridgehead atoms. The summed E-state index contributed by atoms with van der Waals surface area (Å²) in [5.41, 5.74) is 4.29. The standard InChI is InChI=1S/C10H19NO3/c1-9(2,3)7-6(12)5-10(7,4)14-8(11)13/h6-7,12H,5H2,1-4H3,(H2,11,13)/t6-,7?,10-/m1/s1. The Balaban J connectivity index is 2.78. The smallest absolute Gasteiger partial charge is 0.405 e. The van der Waals surface area contributed by atoms with Gasteiger partial charge in [-0.2, -0.15) is 0 Å². The van der Waals surface area contributed by atoms with Gasteiger partial charge in [0.25, 0.3) is 0 Å². The van der Waals surface area contributed by atoms with Crippen LogP contribution in [0.5, 0.6) is 0 Å². The van der Waals surface area contributed by atoms with Gasteiger partial charge in [-0.15, -0.1) is 0 Å². The van der Waals surface area contributed by atoms with E-state index in [0.717, 1.165) is 0 Å². The van der Waals surface area contributed by atoms with Gasteiger partial charge in [0.15, 0.2) is 0 Å². The summed E-state index contributed by atoms with van der Waals surface area (Å²) in [7, 11) is 0. The molecule has 1 aliphatic rings. The van der Waals surface area contributed by atoms with Crippen LogP contribution in [-0.2, 0) is 4.74 Å². The number of carbonyl (C=O) groups is 1. The Bertz CT molecular complexity index is 246. The molecule has 0 aromatic heterocycles. The van der Waals surface area contributed by atoms with Gasteiger partial charge in [0.05, 0.1) is 6.10 Å². The van der Waals surface area contributed by atoms with E-state index in [2.05, 4.69) is 0 Å². The van der Waals surface area contributed by atoms with Gasteiger partial charge in [0.2, 0.25) is 0 Å². The first-order valence-corrected chi connectivity index (χ1v) is 4.83. The number of hydrogen-bond donors (Lipinski definition) is 2. The fourth-order valence-corrected chi connectivity index (χ4v) is 2.73. The SMILES string of the molecule is CC(C)(C)C1[C@H](O)C[C@@]1(C)OC(N)=O. The highest BCUT2D eigenvalue weighted by Crippen LogP contribution is 2.50. The summed E-state index contributed by atoms with van der Waals surface area (Å²) in [5, 5.41) is 9.66. The zero-order chi connectivity index (χ0) is 11.1. The summed E-state index contributed by atoms with van der Waals surface area (Å²) < 4.78 is 5.06. The lowest BCUT2D eigenvalue weighted by molar-refractivity contribution is -0.197. The first-order chi connectivity index (χ1) is 6.17. The molecule has 0 aliphatic heterocycles. The highest BCUT2D eigenvalue weighted by Gasteiger charge is 2.57. The maximum Gasteiger partial charge on any atom is 0.405 e. The molecular weight excluding hydrogens is 182 g/mol. The second-order valence-electron chi connectivity index (χ2n) is 5.35. The van der Waals surface area contributed by atoms with Crippen molar-refractivity contribution in [2.24, 2.45) is 17.1 Å². The summed E-state index contributed by atoms with van der Waals surface area (Å²) in [6, 6.07) is 0. The molecule has 1 unspecified atom stereocenters. The molecule has 14 heavy (non-hydrogen) atoms. The highest BCUT2D eigenvalue weighted by atomic mass is 16.6. The quantitative estimate of drug-likeness (QED) is 0.671. The lowest BCUT2D eigenvalue weighted by atomic mass is 9.57. The molecule has 1 amide bonds. The van der Waals surface area contributed by atoms with E-state index < -0.39 is 17.8 Å². The van der Waals surface area contributed by atoms with Crippen molar-refractivity contribution in [2.45, 2.75) is 45.8 Å². The third kappa shape index (κ3) is 1.85. The zero-order valence-corrected chi connectivity index (χ0v) is 9.20. The molecule has 4 nitrogen and oxygen atoms in total. The third-order valence-corrected chi connectivity index (χ3v) is 2.92. The van der Waals surface area contributed by atoms with Crippen LogP contribution in [0.15, 0.2) is 0 Å². The van der Waals surface area contributed by atoms with Gasteiger partial charge >= 0.3 is 6.09 Å². The normalized spacial score (nSPS) is 37.5. The number of aliphatic hydroxyl groups is 1. The van der Waals surface area contributed by atoms with Crippen molar-refractivity contribution in [3.05, 3.63) is 0 Å². The summed E-state index contributed by atoms with van der Waals surface area (Å²) in [5.74, 6) is -0.0532. The van der Waals surface area contributed by atoms with Gasteiger partial charge in [-0.3, -0.25) is 0 Å². The van der Waals surface area contributed by atoms with E-state index in [4.69, 9.17) is 10.5 Å². The number of aliphatic hydroxyl groups excluding tert-OH is 1. The lowest BCUT2D eigenvalue weighted by Gasteiger charge is -2.55. The number of carbonyl (C=O) groups excluding carboxylic acids is 1. The molecule has 0 heterocycles. The lowest BCUT2D eigenvalue weighted by Crippen LogP contribution is -2.62. The molecule has 0 aromatic rings. The Hall–Kier alpha value is -0.770. The number of primary amides is 1. The Morgan fingerprint density at radius 2 is 2.07 bits per heavy atom. The van der Waals surface area contributed by atoms with Crippen LogP contribution in [0.4, 0.5) is 4.79 Å². The van der Waals surface area contributed by atoms with Crippen molar-refractivity contribution < 1.29 is 14.6 Å². The van der Waals surface area contributed by atoms with Gasteiger partial charge in [-0.25, -0.2) is 4.79 Å². The zero-order valence-electron chi connectivity index (χ0n) is 9.20. The number of hydrogen-bond acceptors (Lipinski definition) is 3. The Labute approximate surface area is 84.4 Å². The average molecular weight is 201 g/mol. The molecule has 4 heteroatoms. The van der Waals surface area contributed by atoms with Gasteiger partial charge in [-0.05, 0) is 12.3 Å². The molecule has 0 aromatic carbocycles. The third-order valence-electron chi connectivity index (χ3n) is 2.92. The molecule has 1 saturated carbocycles. The summed E-state index contributed by atoms with van der Waals surface area (Å²) >= 11 is 0. The molecule has 1 fully saturated rings. The van der Waals surface area contributed by atoms with Crippen LogP contribution in [0, 0.1) is 11.3 Å². The van der Waals surface area contributed by atoms with E-state index in [0.29, 0.717) is 6.42 Å². The molecule has 1 aliphatic carbocycles. The fraction of sp³-hybridized carbons (Fsp3) is 0.900. The van der Waals surface area contributed by atoms with Crippen LogP contribution in [0.2, 0.25) is 0 Å². The number of amides is 1. The first kappa shape index (κ1) is 11.3. The topological polar surface area (TPSA) is 72.6 Å². The van der Waals surface area contributed by atoms with Crippen molar-refractivity contribution in [3.63, 3.8) is 0 Å². The number of ether oxygens (including phenoxy) is 1. The first-order valence-electron chi connectivity index (χ1n) is 4.83. The minimum absolute atomic E-state index is 0.0532. The monoisotopic (exact) mass is 201 g/mol. The largest absolute Gasteiger partial charge is 0.443 e. The molecule has 3 N–H and O–H groups in total. The van der Waals surface area contributed by atoms with Crippen molar-refractivity contribution >= 4 is 6.09 Å². The highest BCUT2D eigenvalue weighted by molar-refractivity contribution is 5.65. The Morgan fingerprint density at radius 1 is 1.57 bits per heavy atom. The Kier molecular flexibility index (Phi) is 2.52. The number of nitrogens with two attached hydrogens (primary N) is 1. The summed E-state index contributed by atoms with van der Waals surface area (Å²) in [6.45, 7) is 7.87. The van der Waals surface area contributed by atoms with Gasteiger partial charge < -0.3 is 15.6 Å². The average Bonchev–Trinajstić information content (AvgIpc) is 1.77. The van der Waals surface area contributed by atoms with Crippen LogP contribution >= 0.6 is 0 Å². The van der Waals surface area contributed by atoms with E-state index in [9.17, 15) is 9.90 Å². The molecule has 3 atom stereocenters. The van der Waals surface area contributed by atoms with E-state index >= 15 is 0 Å². The van der Waals surface area contributed by atoms with Gasteiger partial charge in [-0.1, -0.05) is 20.8 Å². The maximum absolute atomic E-state index is 10.7. The van der Waals surface area contributed by atoms with E-state index in [1.54, 1.807) is 0 Å². The van der Waals surface area contributed by atoms with E-state index in [1.807, 2.05) is 27.7 Å². The summed E-state index contributed by atoms with van der Waals surface area (Å²) in [6.07, 6.45) is -0.703. The number of rotatable bonds is 1. The van der Waals surface area contributed by atoms with E-state index in [1.165, 1.54) is 0 Å². The van der Waals surface area contributed by atoms with Crippen LogP contribution in [0.1, 0.15) is 34.1 Å². The predicted octanol–water partition coefficient (Wildman–Crippen LogP) is 1.27. The maximum atomic E-state index is 10.7. The predicted molar refractivity (Wildman–Crippen MR) is 52.6 cm³/mol. The van der Waals surface area contributed by atoms with Crippen LogP contribution in [-0.4, -0.2) is 22.9 Å². The van der Waals surface area contributed by atoms with Crippen molar-refractivity contribution in [1.29, 1.82) is 0 Å². The molecular formula is C10H19NO3. The minimum atomic E-state index is -0.770. The van der Waals surface area contributed by atoms with Gasteiger partial charge in [0, 0.05) is 12.3 Å². The molecule has 0 spiro atoms. The molecule has 0 saturated heterocycles. The second kappa shape index (κ2) is 3.12. The fourth-order valence-electron chi connectivity index (χ4n) is 2.73. The van der Waals surface area contributed by atoms with Crippen molar-refractivity contribution in [3.8, 4) is 0 Å². The Morgan fingerprint density at radius 3 is 2.36 bits per heavy atom. The molecule has 0 radical (unpaired) electrons. The van der Waals surface area contributed by atoms with Crippen molar-refractivity contribution in [1.82, 2.24) is 0 Å². The van der Waals surface area contributed by atoms with Gasteiger partial charge in [0.1, 0.15) is 5.60 Å². The molecule has 1 rings (SSSR count).